The second-order valence-corrected chi connectivity index (χ2v) is 3.49. The third kappa shape index (κ3) is 2.88. The number of likely N-dealkylation sites (N-methyl/N-ethyl adjacent to an activating group) is 1. The van der Waals surface area contributed by atoms with Gasteiger partial charge in [-0.25, -0.2) is 9.97 Å². The molecule has 1 heterocycles. The Labute approximate surface area is 84.0 Å². The maximum Gasteiger partial charge on any atom is 0.153 e. The van der Waals surface area contributed by atoms with Crippen molar-refractivity contribution in [3.8, 4) is 0 Å². The van der Waals surface area contributed by atoms with Gasteiger partial charge in [0.1, 0.15) is 5.82 Å². The summed E-state index contributed by atoms with van der Waals surface area (Å²) in [4.78, 5) is 21.0. The number of nitrogens with zero attached hydrogens (tertiary/aromatic N) is 3. The minimum atomic E-state index is 0.595. The molecule has 0 aromatic carbocycles. The lowest BCUT2D eigenvalue weighted by Crippen LogP contribution is -2.17. The van der Waals surface area contributed by atoms with Crippen LogP contribution in [0.1, 0.15) is 21.9 Å². The van der Waals surface area contributed by atoms with E-state index in [9.17, 15) is 4.79 Å². The van der Waals surface area contributed by atoms with Crippen molar-refractivity contribution in [3.05, 3.63) is 23.3 Å². The van der Waals surface area contributed by atoms with Crippen LogP contribution in [0.5, 0.6) is 0 Å². The number of aldehydes is 1. The van der Waals surface area contributed by atoms with E-state index < -0.39 is 0 Å². The van der Waals surface area contributed by atoms with Gasteiger partial charge in [0.2, 0.25) is 0 Å². The molecule has 0 aliphatic rings. The Bertz CT molecular complexity index is 323. The number of rotatable bonds is 4. The van der Waals surface area contributed by atoms with Gasteiger partial charge < -0.3 is 4.90 Å². The highest BCUT2D eigenvalue weighted by Gasteiger charge is 2.04. The van der Waals surface area contributed by atoms with Crippen LogP contribution in [0.25, 0.3) is 0 Å². The van der Waals surface area contributed by atoms with Gasteiger partial charge >= 0.3 is 0 Å². The van der Waals surface area contributed by atoms with E-state index in [0.29, 0.717) is 11.4 Å². The minimum Gasteiger partial charge on any atom is -0.309 e. The molecular weight excluding hydrogens is 178 g/mol. The summed E-state index contributed by atoms with van der Waals surface area (Å²) >= 11 is 0. The van der Waals surface area contributed by atoms with Crippen LogP contribution in [0.3, 0.4) is 0 Å². The van der Waals surface area contributed by atoms with E-state index >= 15 is 0 Å². The molecule has 0 aliphatic heterocycles. The molecule has 0 aliphatic carbocycles. The molecule has 0 spiro atoms. The second-order valence-electron chi connectivity index (χ2n) is 3.49. The SMILES string of the molecule is Cc1ncc(C=O)c(CCN(C)C)n1. The number of hydrogen-bond acceptors (Lipinski definition) is 4. The predicted octanol–water partition coefficient (Wildman–Crippen LogP) is 0.702. The van der Waals surface area contributed by atoms with Crippen molar-refractivity contribution in [1.82, 2.24) is 14.9 Å². The molecule has 0 unspecified atom stereocenters. The first-order valence-electron chi connectivity index (χ1n) is 4.56. The third-order valence-electron chi connectivity index (χ3n) is 1.94. The van der Waals surface area contributed by atoms with Crippen molar-refractivity contribution in [3.63, 3.8) is 0 Å². The monoisotopic (exact) mass is 193 g/mol. The first-order valence-corrected chi connectivity index (χ1v) is 4.56. The van der Waals surface area contributed by atoms with Gasteiger partial charge in [-0.15, -0.1) is 0 Å². The van der Waals surface area contributed by atoms with E-state index in [-0.39, 0.29) is 0 Å². The summed E-state index contributed by atoms with van der Waals surface area (Å²) < 4.78 is 0. The number of carbonyl (C=O) groups is 1. The minimum absolute atomic E-state index is 0.595. The Hall–Kier alpha value is -1.29. The van der Waals surface area contributed by atoms with Crippen molar-refractivity contribution >= 4 is 6.29 Å². The molecule has 1 aromatic rings. The third-order valence-corrected chi connectivity index (χ3v) is 1.94. The van der Waals surface area contributed by atoms with Gasteiger partial charge in [0, 0.05) is 19.2 Å². The summed E-state index contributed by atoms with van der Waals surface area (Å²) in [6, 6.07) is 0. The zero-order chi connectivity index (χ0) is 10.6. The Morgan fingerprint density at radius 2 is 2.21 bits per heavy atom. The largest absolute Gasteiger partial charge is 0.309 e. The highest BCUT2D eigenvalue weighted by molar-refractivity contribution is 5.75. The van der Waals surface area contributed by atoms with Crippen LogP contribution in [0.2, 0.25) is 0 Å². The fourth-order valence-electron chi connectivity index (χ4n) is 1.15. The molecule has 4 heteroatoms. The number of aryl methyl sites for hydroxylation is 1. The molecule has 1 rings (SSSR count). The van der Waals surface area contributed by atoms with Crippen LogP contribution in [0.4, 0.5) is 0 Å². The van der Waals surface area contributed by atoms with E-state index in [0.717, 1.165) is 24.9 Å². The van der Waals surface area contributed by atoms with Crippen LogP contribution < -0.4 is 0 Å². The molecular formula is C10H15N3O. The van der Waals surface area contributed by atoms with Crippen molar-refractivity contribution in [2.45, 2.75) is 13.3 Å². The van der Waals surface area contributed by atoms with Crippen molar-refractivity contribution < 1.29 is 4.79 Å². The fourth-order valence-corrected chi connectivity index (χ4v) is 1.15. The Morgan fingerprint density at radius 1 is 1.50 bits per heavy atom. The summed E-state index contributed by atoms with van der Waals surface area (Å²) in [7, 11) is 3.99. The van der Waals surface area contributed by atoms with E-state index in [4.69, 9.17) is 0 Å². The zero-order valence-electron chi connectivity index (χ0n) is 8.82. The maximum absolute atomic E-state index is 10.7. The normalized spacial score (nSPS) is 10.6. The lowest BCUT2D eigenvalue weighted by atomic mass is 10.2. The van der Waals surface area contributed by atoms with Crippen LogP contribution in [-0.4, -0.2) is 41.8 Å². The standard InChI is InChI=1S/C10H15N3O/c1-8-11-6-9(7-14)10(12-8)4-5-13(2)3/h6-7H,4-5H2,1-3H3. The van der Waals surface area contributed by atoms with Gasteiger partial charge in [-0.2, -0.15) is 0 Å². The summed E-state index contributed by atoms with van der Waals surface area (Å²) in [5.41, 5.74) is 1.43. The summed E-state index contributed by atoms with van der Waals surface area (Å²) in [5, 5.41) is 0. The zero-order valence-corrected chi connectivity index (χ0v) is 8.82. The molecule has 0 radical (unpaired) electrons. The summed E-state index contributed by atoms with van der Waals surface area (Å²) in [6.07, 6.45) is 3.18. The Kier molecular flexibility index (Phi) is 3.71. The van der Waals surface area contributed by atoms with E-state index in [1.165, 1.54) is 0 Å². The smallest absolute Gasteiger partial charge is 0.153 e. The Morgan fingerprint density at radius 3 is 2.79 bits per heavy atom. The topological polar surface area (TPSA) is 46.1 Å². The first-order chi connectivity index (χ1) is 6.63. The second kappa shape index (κ2) is 4.81. The average Bonchev–Trinajstić information content (AvgIpc) is 2.15. The van der Waals surface area contributed by atoms with Crippen molar-refractivity contribution in [1.29, 1.82) is 0 Å². The van der Waals surface area contributed by atoms with Gasteiger partial charge in [0.15, 0.2) is 6.29 Å². The number of aromatic nitrogens is 2. The van der Waals surface area contributed by atoms with E-state index in [1.54, 1.807) is 6.20 Å². The number of carbonyl (C=O) groups excluding carboxylic acids is 1. The molecule has 0 bridgehead atoms. The molecule has 0 N–H and O–H groups in total. The van der Waals surface area contributed by atoms with E-state index in [2.05, 4.69) is 14.9 Å². The van der Waals surface area contributed by atoms with Gasteiger partial charge in [-0.3, -0.25) is 4.79 Å². The highest BCUT2D eigenvalue weighted by Crippen LogP contribution is 2.03. The van der Waals surface area contributed by atoms with Crippen LogP contribution >= 0.6 is 0 Å². The molecule has 0 fully saturated rings. The fraction of sp³-hybridized carbons (Fsp3) is 0.500. The quantitative estimate of drug-likeness (QED) is 0.660. The van der Waals surface area contributed by atoms with E-state index in [1.807, 2.05) is 21.0 Å². The molecule has 76 valence electrons. The van der Waals surface area contributed by atoms with Crippen molar-refractivity contribution in [2.75, 3.05) is 20.6 Å². The average molecular weight is 193 g/mol. The van der Waals surface area contributed by atoms with Crippen LogP contribution in [-0.2, 0) is 6.42 Å². The maximum atomic E-state index is 10.7. The Balaban J connectivity index is 2.82. The molecule has 0 atom stereocenters. The molecule has 1 aromatic heterocycles. The number of hydrogen-bond donors (Lipinski definition) is 0. The predicted molar refractivity (Wildman–Crippen MR) is 54.4 cm³/mol. The van der Waals surface area contributed by atoms with Gasteiger partial charge in [0.05, 0.1) is 11.3 Å². The lowest BCUT2D eigenvalue weighted by molar-refractivity contribution is 0.112. The van der Waals surface area contributed by atoms with Crippen molar-refractivity contribution in [2.24, 2.45) is 0 Å². The molecule has 4 nitrogen and oxygen atoms in total. The molecule has 14 heavy (non-hydrogen) atoms. The van der Waals surface area contributed by atoms with Gasteiger partial charge in [-0.05, 0) is 21.0 Å². The summed E-state index contributed by atoms with van der Waals surface area (Å²) in [5.74, 6) is 0.712. The molecule has 0 saturated heterocycles. The van der Waals surface area contributed by atoms with Crippen LogP contribution in [0.15, 0.2) is 6.20 Å². The molecule has 0 amide bonds. The highest BCUT2D eigenvalue weighted by atomic mass is 16.1. The molecule has 0 saturated carbocycles. The lowest BCUT2D eigenvalue weighted by Gasteiger charge is -2.09. The van der Waals surface area contributed by atoms with Gasteiger partial charge in [-0.1, -0.05) is 0 Å². The van der Waals surface area contributed by atoms with Crippen LogP contribution in [0, 0.1) is 6.92 Å². The first kappa shape index (κ1) is 10.8. The summed E-state index contributed by atoms with van der Waals surface area (Å²) in [6.45, 7) is 2.71. The van der Waals surface area contributed by atoms with Gasteiger partial charge in [0.25, 0.3) is 0 Å².